The average molecular weight is 295 g/mol. The summed E-state index contributed by atoms with van der Waals surface area (Å²) in [6, 6.07) is 11.7. The van der Waals surface area contributed by atoms with E-state index in [4.69, 9.17) is 4.74 Å². The van der Waals surface area contributed by atoms with Crippen molar-refractivity contribution >= 4 is 17.0 Å². The van der Waals surface area contributed by atoms with Crippen LogP contribution in [0.1, 0.15) is 10.4 Å². The van der Waals surface area contributed by atoms with Gasteiger partial charge >= 0.3 is 5.97 Å². The first-order valence-electron chi connectivity index (χ1n) is 6.62. The van der Waals surface area contributed by atoms with Crippen LogP contribution in [0.3, 0.4) is 0 Å². The molecule has 3 aromatic rings. The number of carbonyl (C=O) groups is 1. The first-order valence-corrected chi connectivity index (χ1v) is 6.62. The van der Waals surface area contributed by atoms with Crippen LogP contribution < -0.4 is 0 Å². The molecular formula is C16H13N3O3. The van der Waals surface area contributed by atoms with E-state index in [1.165, 1.54) is 29.1 Å². The van der Waals surface area contributed by atoms with Crippen molar-refractivity contribution in [1.82, 2.24) is 15.0 Å². The minimum absolute atomic E-state index is 0.0272. The zero-order valence-corrected chi connectivity index (χ0v) is 11.6. The van der Waals surface area contributed by atoms with Crippen LogP contribution in [0, 0.1) is 0 Å². The first-order chi connectivity index (χ1) is 10.7. The Morgan fingerprint density at radius 2 is 1.91 bits per heavy atom. The minimum Gasteiger partial charge on any atom is -0.506 e. The molecule has 22 heavy (non-hydrogen) atoms. The lowest BCUT2D eigenvalue weighted by Gasteiger charge is -2.06. The molecule has 0 spiro atoms. The zero-order chi connectivity index (χ0) is 15.5. The highest BCUT2D eigenvalue weighted by Gasteiger charge is 2.13. The van der Waals surface area contributed by atoms with Gasteiger partial charge in [0.05, 0.1) is 5.56 Å². The van der Waals surface area contributed by atoms with Gasteiger partial charge in [-0.15, -0.1) is 15.0 Å². The molecule has 0 saturated heterocycles. The van der Waals surface area contributed by atoms with Crippen LogP contribution in [0.25, 0.3) is 16.7 Å². The number of phenolic OH excluding ortho intramolecular Hbond substituents is 1. The smallest absolute Gasteiger partial charge is 0.338 e. The summed E-state index contributed by atoms with van der Waals surface area (Å²) in [4.78, 5) is 13.2. The lowest BCUT2D eigenvalue weighted by atomic mass is 10.2. The molecule has 1 aromatic heterocycles. The number of benzene rings is 2. The monoisotopic (exact) mass is 295 g/mol. The fourth-order valence-corrected chi connectivity index (χ4v) is 2.00. The molecule has 6 heteroatoms. The number of nitrogens with zero attached hydrogens (tertiary/aromatic N) is 3. The molecule has 0 atom stereocenters. The molecule has 6 nitrogen and oxygen atoms in total. The molecule has 0 aliphatic heterocycles. The number of hydrogen-bond donors (Lipinski definition) is 1. The molecule has 1 N–H and O–H groups in total. The molecule has 0 radical (unpaired) electrons. The van der Waals surface area contributed by atoms with Crippen LogP contribution in [0.4, 0.5) is 0 Å². The van der Waals surface area contributed by atoms with Gasteiger partial charge in [0.15, 0.2) is 0 Å². The van der Waals surface area contributed by atoms with Crippen molar-refractivity contribution < 1.29 is 14.6 Å². The fourth-order valence-electron chi connectivity index (χ4n) is 2.00. The quantitative estimate of drug-likeness (QED) is 0.591. The van der Waals surface area contributed by atoms with E-state index in [1.54, 1.807) is 0 Å². The van der Waals surface area contributed by atoms with E-state index in [0.29, 0.717) is 22.3 Å². The lowest BCUT2D eigenvalue weighted by Crippen LogP contribution is -2.07. The predicted octanol–water partition coefficient (Wildman–Crippen LogP) is 2.47. The SMILES string of the molecule is C=CCOC(=O)c1ccc(O)c(-n2nc3ccccc3n2)c1. The fraction of sp³-hybridized carbons (Fsp3) is 0.0625. The number of fused-ring (bicyclic) bond motifs is 1. The number of esters is 1. The first kappa shape index (κ1) is 13.8. The molecule has 0 aliphatic carbocycles. The average Bonchev–Trinajstić information content (AvgIpc) is 2.96. The van der Waals surface area contributed by atoms with Crippen molar-refractivity contribution in [2.75, 3.05) is 6.61 Å². The van der Waals surface area contributed by atoms with Gasteiger partial charge in [0.25, 0.3) is 0 Å². The highest BCUT2D eigenvalue weighted by molar-refractivity contribution is 5.90. The number of phenols is 1. The second-order valence-electron chi connectivity index (χ2n) is 4.57. The summed E-state index contributed by atoms with van der Waals surface area (Å²) in [7, 11) is 0. The molecule has 0 bridgehead atoms. The van der Waals surface area contributed by atoms with E-state index >= 15 is 0 Å². The second kappa shape index (κ2) is 5.69. The van der Waals surface area contributed by atoms with Gasteiger partial charge in [0.2, 0.25) is 0 Å². The summed E-state index contributed by atoms with van der Waals surface area (Å²) in [5, 5.41) is 18.6. The molecule has 110 valence electrons. The van der Waals surface area contributed by atoms with Gasteiger partial charge in [-0.3, -0.25) is 0 Å². The van der Waals surface area contributed by atoms with Gasteiger partial charge < -0.3 is 9.84 Å². The summed E-state index contributed by atoms with van der Waals surface area (Å²) in [5.41, 5.74) is 2.00. The molecule has 0 fully saturated rings. The van der Waals surface area contributed by atoms with Crippen LogP contribution in [-0.4, -0.2) is 32.7 Å². The van der Waals surface area contributed by atoms with Crippen molar-refractivity contribution in [3.05, 3.63) is 60.7 Å². The van der Waals surface area contributed by atoms with Gasteiger partial charge in [-0.05, 0) is 30.3 Å². The molecule has 0 saturated carbocycles. The predicted molar refractivity (Wildman–Crippen MR) is 81.0 cm³/mol. The Kier molecular flexibility index (Phi) is 3.57. The van der Waals surface area contributed by atoms with Gasteiger partial charge in [-0.1, -0.05) is 24.8 Å². The van der Waals surface area contributed by atoms with Crippen LogP contribution >= 0.6 is 0 Å². The number of ether oxygens (including phenoxy) is 1. The Morgan fingerprint density at radius 1 is 1.23 bits per heavy atom. The van der Waals surface area contributed by atoms with Crippen molar-refractivity contribution in [1.29, 1.82) is 0 Å². The van der Waals surface area contributed by atoms with E-state index in [1.807, 2.05) is 24.3 Å². The van der Waals surface area contributed by atoms with Crippen molar-refractivity contribution in [3.63, 3.8) is 0 Å². The van der Waals surface area contributed by atoms with E-state index in [9.17, 15) is 9.90 Å². The second-order valence-corrected chi connectivity index (χ2v) is 4.57. The highest BCUT2D eigenvalue weighted by atomic mass is 16.5. The summed E-state index contributed by atoms with van der Waals surface area (Å²) < 4.78 is 4.98. The number of aromatic nitrogens is 3. The molecule has 0 aliphatic rings. The van der Waals surface area contributed by atoms with Gasteiger partial charge in [-0.2, -0.15) is 0 Å². The van der Waals surface area contributed by atoms with E-state index < -0.39 is 5.97 Å². The Hall–Kier alpha value is -3.15. The summed E-state index contributed by atoms with van der Waals surface area (Å²) in [5.74, 6) is -0.529. The van der Waals surface area contributed by atoms with E-state index in [-0.39, 0.29) is 12.4 Å². The lowest BCUT2D eigenvalue weighted by molar-refractivity contribution is 0.0549. The standard InChI is InChI=1S/C16H13N3O3/c1-2-9-22-16(21)11-7-8-15(20)14(10-11)19-17-12-5-3-4-6-13(12)18-19/h2-8,10,20H,1,9H2. The Labute approximate surface area is 126 Å². The molecule has 1 heterocycles. The molecular weight excluding hydrogens is 282 g/mol. The third kappa shape index (κ3) is 2.54. The van der Waals surface area contributed by atoms with Crippen LogP contribution in [0.15, 0.2) is 55.1 Å². The molecule has 2 aromatic carbocycles. The van der Waals surface area contributed by atoms with Crippen LogP contribution in [0.5, 0.6) is 5.75 Å². The maximum absolute atomic E-state index is 11.9. The zero-order valence-electron chi connectivity index (χ0n) is 11.6. The number of rotatable bonds is 4. The third-order valence-corrected chi connectivity index (χ3v) is 3.05. The minimum atomic E-state index is -0.502. The van der Waals surface area contributed by atoms with Gasteiger partial charge in [-0.25, -0.2) is 4.79 Å². The van der Waals surface area contributed by atoms with Crippen molar-refractivity contribution in [2.45, 2.75) is 0 Å². The maximum Gasteiger partial charge on any atom is 0.338 e. The van der Waals surface area contributed by atoms with Crippen LogP contribution in [0.2, 0.25) is 0 Å². The maximum atomic E-state index is 11.9. The Bertz CT molecular complexity index is 822. The van der Waals surface area contributed by atoms with E-state index in [2.05, 4.69) is 16.8 Å². The molecule has 0 unspecified atom stereocenters. The van der Waals surface area contributed by atoms with Gasteiger partial charge in [0, 0.05) is 0 Å². The topological polar surface area (TPSA) is 77.2 Å². The summed E-state index contributed by atoms with van der Waals surface area (Å²) in [6.45, 7) is 3.61. The highest BCUT2D eigenvalue weighted by Crippen LogP contribution is 2.23. The summed E-state index contributed by atoms with van der Waals surface area (Å²) >= 11 is 0. The number of carbonyl (C=O) groups excluding carboxylic acids is 1. The largest absolute Gasteiger partial charge is 0.506 e. The summed E-state index contributed by atoms with van der Waals surface area (Å²) in [6.07, 6.45) is 1.49. The Morgan fingerprint density at radius 3 is 2.55 bits per heavy atom. The number of hydrogen-bond acceptors (Lipinski definition) is 5. The molecule has 0 amide bonds. The normalized spacial score (nSPS) is 10.5. The van der Waals surface area contributed by atoms with Crippen molar-refractivity contribution in [3.8, 4) is 11.4 Å². The third-order valence-electron chi connectivity index (χ3n) is 3.05. The molecule has 3 rings (SSSR count). The van der Waals surface area contributed by atoms with E-state index in [0.717, 1.165) is 0 Å². The number of aromatic hydroxyl groups is 1. The Balaban J connectivity index is 2.02. The van der Waals surface area contributed by atoms with Crippen LogP contribution in [-0.2, 0) is 4.74 Å². The van der Waals surface area contributed by atoms with Gasteiger partial charge in [0.1, 0.15) is 29.1 Å². The van der Waals surface area contributed by atoms with Crippen molar-refractivity contribution in [2.24, 2.45) is 0 Å².